The number of aromatic nitrogens is 2. The Balaban J connectivity index is 1.53. The lowest BCUT2D eigenvalue weighted by molar-refractivity contribution is -0.140. The zero-order valence-corrected chi connectivity index (χ0v) is 16.0. The molecule has 6 nitrogen and oxygen atoms in total. The predicted octanol–water partition coefficient (Wildman–Crippen LogP) is 2.78. The second kappa shape index (κ2) is 8.22. The Labute approximate surface area is 164 Å². The van der Waals surface area contributed by atoms with Crippen LogP contribution in [0.5, 0.6) is 5.75 Å². The van der Waals surface area contributed by atoms with Crippen molar-refractivity contribution in [2.75, 3.05) is 13.1 Å². The van der Waals surface area contributed by atoms with Crippen molar-refractivity contribution in [3.8, 4) is 5.75 Å². The lowest BCUT2D eigenvalue weighted by Crippen LogP contribution is -2.42. The van der Waals surface area contributed by atoms with Gasteiger partial charge in [0.25, 0.3) is 5.91 Å². The van der Waals surface area contributed by atoms with Gasteiger partial charge in [0, 0.05) is 43.5 Å². The first-order chi connectivity index (χ1) is 13.7. The van der Waals surface area contributed by atoms with Gasteiger partial charge < -0.3 is 15.0 Å². The number of rotatable bonds is 5. The maximum Gasteiger partial charge on any atom is 0.264 e. The molecule has 1 aromatic heterocycles. The molecule has 1 aromatic carbocycles. The first-order valence-corrected chi connectivity index (χ1v) is 9.94. The van der Waals surface area contributed by atoms with Crippen molar-refractivity contribution in [2.24, 2.45) is 0 Å². The fourth-order valence-electron chi connectivity index (χ4n) is 3.90. The molecule has 0 radical (unpaired) electrons. The summed E-state index contributed by atoms with van der Waals surface area (Å²) in [4.78, 5) is 24.3. The van der Waals surface area contributed by atoms with Gasteiger partial charge in [0.1, 0.15) is 0 Å². The smallest absolute Gasteiger partial charge is 0.264 e. The van der Waals surface area contributed by atoms with Gasteiger partial charge >= 0.3 is 0 Å². The molecule has 1 amide bonds. The Kier molecular flexibility index (Phi) is 5.52. The normalized spacial score (nSPS) is 19.9. The molecule has 0 unspecified atom stereocenters. The molecule has 148 valence electrons. The van der Waals surface area contributed by atoms with E-state index in [0.717, 1.165) is 43.6 Å². The average molecular weight is 384 g/mol. The van der Waals surface area contributed by atoms with Gasteiger partial charge in [0.2, 0.25) is 0 Å². The van der Waals surface area contributed by atoms with Crippen molar-refractivity contribution < 1.29 is 13.9 Å². The van der Waals surface area contributed by atoms with E-state index in [4.69, 9.17) is 9.72 Å². The Bertz CT molecular complexity index is 860. The Morgan fingerprint density at radius 1 is 1.43 bits per heavy atom. The van der Waals surface area contributed by atoms with Crippen molar-refractivity contribution in [1.29, 1.82) is 0 Å². The molecule has 1 N–H and O–H groups in total. The van der Waals surface area contributed by atoms with Crippen LogP contribution in [0.25, 0.3) is 0 Å². The molecule has 7 heteroatoms. The molecule has 2 aliphatic heterocycles. The highest BCUT2D eigenvalue weighted by atomic mass is 19.1. The topological polar surface area (TPSA) is 67.3 Å². The van der Waals surface area contributed by atoms with Gasteiger partial charge in [-0.1, -0.05) is 19.1 Å². The van der Waals surface area contributed by atoms with Crippen LogP contribution in [0, 0.1) is 5.82 Å². The zero-order valence-electron chi connectivity index (χ0n) is 16.0. The standard InChI is InChI=1S/C21H25FN4O2/c1-2-18(28-19-8-4-3-6-15(19)22)21(27)26-11-5-7-17(26)20-24-13-14-12-23-10-9-16(14)25-20/h3-4,6,8,13,17-18,23H,2,5,7,9-12H2,1H3/t17-,18+/m1/s1. The van der Waals surface area contributed by atoms with Gasteiger partial charge in [-0.15, -0.1) is 0 Å². The van der Waals surface area contributed by atoms with Gasteiger partial charge in [-0.05, 0) is 31.4 Å². The van der Waals surface area contributed by atoms with E-state index in [-0.39, 0.29) is 17.7 Å². The molecule has 1 fully saturated rings. The maximum atomic E-state index is 14.0. The quantitative estimate of drug-likeness (QED) is 0.859. The van der Waals surface area contributed by atoms with Crippen LogP contribution in [0.2, 0.25) is 0 Å². The predicted molar refractivity (Wildman–Crippen MR) is 102 cm³/mol. The molecule has 2 atom stereocenters. The third-order valence-corrected chi connectivity index (χ3v) is 5.41. The fraction of sp³-hybridized carbons (Fsp3) is 0.476. The third kappa shape index (κ3) is 3.71. The number of nitrogens with zero attached hydrogens (tertiary/aromatic N) is 3. The number of likely N-dealkylation sites (tertiary alicyclic amines) is 1. The molecule has 0 bridgehead atoms. The SMILES string of the molecule is CC[C@H](Oc1ccccc1F)C(=O)N1CCC[C@@H]1c1ncc2c(n1)CCNC2. The minimum absolute atomic E-state index is 0.107. The number of nitrogens with one attached hydrogen (secondary N) is 1. The molecular formula is C21H25FN4O2. The van der Waals surface area contributed by atoms with Crippen LogP contribution in [0.1, 0.15) is 49.3 Å². The van der Waals surface area contributed by atoms with Gasteiger partial charge in [-0.2, -0.15) is 0 Å². The fourth-order valence-corrected chi connectivity index (χ4v) is 3.90. The van der Waals surface area contributed by atoms with Crippen LogP contribution in [-0.4, -0.2) is 40.0 Å². The Morgan fingerprint density at radius 3 is 3.11 bits per heavy atom. The molecule has 0 aliphatic carbocycles. The van der Waals surface area contributed by atoms with Crippen LogP contribution >= 0.6 is 0 Å². The van der Waals surface area contributed by atoms with Crippen LogP contribution in [0.4, 0.5) is 4.39 Å². The summed E-state index contributed by atoms with van der Waals surface area (Å²) in [7, 11) is 0. The minimum Gasteiger partial charge on any atom is -0.478 e. The van der Waals surface area contributed by atoms with Gasteiger partial charge in [0.05, 0.1) is 6.04 Å². The highest BCUT2D eigenvalue weighted by Gasteiger charge is 2.36. The van der Waals surface area contributed by atoms with Crippen molar-refractivity contribution in [3.05, 3.63) is 53.4 Å². The van der Waals surface area contributed by atoms with E-state index in [2.05, 4.69) is 10.3 Å². The monoisotopic (exact) mass is 384 g/mol. The average Bonchev–Trinajstić information content (AvgIpc) is 3.22. The highest BCUT2D eigenvalue weighted by Crippen LogP contribution is 2.32. The summed E-state index contributed by atoms with van der Waals surface area (Å²) in [6.07, 6.45) is 4.22. The summed E-state index contributed by atoms with van der Waals surface area (Å²) in [5, 5.41) is 3.32. The summed E-state index contributed by atoms with van der Waals surface area (Å²) in [5.41, 5.74) is 2.19. The number of ether oxygens (including phenoxy) is 1. The molecule has 28 heavy (non-hydrogen) atoms. The summed E-state index contributed by atoms with van der Waals surface area (Å²) >= 11 is 0. The lowest BCUT2D eigenvalue weighted by atomic mass is 10.1. The summed E-state index contributed by atoms with van der Waals surface area (Å²) in [6.45, 7) is 4.21. The zero-order chi connectivity index (χ0) is 19.5. The highest BCUT2D eigenvalue weighted by molar-refractivity contribution is 5.82. The first-order valence-electron chi connectivity index (χ1n) is 9.94. The number of hydrogen-bond acceptors (Lipinski definition) is 5. The van der Waals surface area contributed by atoms with Crippen molar-refractivity contribution >= 4 is 5.91 Å². The summed E-state index contributed by atoms with van der Waals surface area (Å²) < 4.78 is 19.7. The number of halogens is 1. The second-order valence-electron chi connectivity index (χ2n) is 7.26. The van der Waals surface area contributed by atoms with Gasteiger partial charge in [0.15, 0.2) is 23.5 Å². The number of hydrogen-bond donors (Lipinski definition) is 1. The van der Waals surface area contributed by atoms with E-state index in [1.165, 1.54) is 6.07 Å². The summed E-state index contributed by atoms with van der Waals surface area (Å²) in [6, 6.07) is 6.04. The first kappa shape index (κ1) is 18.8. The van der Waals surface area contributed by atoms with E-state index in [1.54, 1.807) is 23.1 Å². The van der Waals surface area contributed by atoms with E-state index in [9.17, 15) is 9.18 Å². The van der Waals surface area contributed by atoms with Gasteiger partial charge in [-0.25, -0.2) is 14.4 Å². The molecule has 2 aliphatic rings. The molecule has 4 rings (SSSR count). The van der Waals surface area contributed by atoms with Crippen LogP contribution in [-0.2, 0) is 17.8 Å². The van der Waals surface area contributed by atoms with Crippen molar-refractivity contribution in [1.82, 2.24) is 20.2 Å². The van der Waals surface area contributed by atoms with Crippen molar-refractivity contribution in [2.45, 2.75) is 51.3 Å². The van der Waals surface area contributed by atoms with Crippen LogP contribution in [0.15, 0.2) is 30.5 Å². The minimum atomic E-state index is -0.723. The van der Waals surface area contributed by atoms with E-state index < -0.39 is 11.9 Å². The van der Waals surface area contributed by atoms with Crippen LogP contribution in [0.3, 0.4) is 0 Å². The Morgan fingerprint density at radius 2 is 2.29 bits per heavy atom. The molecule has 2 aromatic rings. The molecule has 0 spiro atoms. The Hall–Kier alpha value is -2.54. The molecule has 0 saturated carbocycles. The third-order valence-electron chi connectivity index (χ3n) is 5.41. The van der Waals surface area contributed by atoms with E-state index >= 15 is 0 Å². The number of amides is 1. The summed E-state index contributed by atoms with van der Waals surface area (Å²) in [5.74, 6) is 0.220. The number of carbonyl (C=O) groups is 1. The molecule has 3 heterocycles. The molecule has 1 saturated heterocycles. The number of benzene rings is 1. The van der Waals surface area contributed by atoms with E-state index in [1.807, 2.05) is 13.1 Å². The number of carbonyl (C=O) groups excluding carboxylic acids is 1. The maximum absolute atomic E-state index is 14.0. The van der Waals surface area contributed by atoms with Gasteiger partial charge in [-0.3, -0.25) is 4.79 Å². The lowest BCUT2D eigenvalue weighted by Gasteiger charge is -2.28. The largest absolute Gasteiger partial charge is 0.478 e. The number of para-hydroxylation sites is 1. The van der Waals surface area contributed by atoms with Crippen LogP contribution < -0.4 is 10.1 Å². The van der Waals surface area contributed by atoms with Crippen molar-refractivity contribution in [3.63, 3.8) is 0 Å². The number of fused-ring (bicyclic) bond motifs is 1. The molecular weight excluding hydrogens is 359 g/mol. The van der Waals surface area contributed by atoms with E-state index in [0.29, 0.717) is 18.8 Å². The second-order valence-corrected chi connectivity index (χ2v) is 7.26.